The second-order valence-electron chi connectivity index (χ2n) is 6.53. The number of carbonyl (C=O) groups excluding carboxylic acids is 1. The van der Waals surface area contributed by atoms with E-state index in [9.17, 15) is 4.79 Å². The molecular weight excluding hydrogens is 320 g/mol. The van der Waals surface area contributed by atoms with Gasteiger partial charge >= 0.3 is 0 Å². The van der Waals surface area contributed by atoms with Gasteiger partial charge in [-0.05, 0) is 39.1 Å². The summed E-state index contributed by atoms with van der Waals surface area (Å²) in [5.74, 6) is 0.0617. The summed E-state index contributed by atoms with van der Waals surface area (Å²) in [4.78, 5) is 23.5. The van der Waals surface area contributed by atoms with Gasteiger partial charge in [-0.2, -0.15) is 0 Å². The zero-order valence-corrected chi connectivity index (χ0v) is 15.1. The minimum absolute atomic E-state index is 0.0617. The maximum Gasteiger partial charge on any atom is 0.226 e. The molecule has 2 heterocycles. The Morgan fingerprint density at radius 1 is 1.33 bits per heavy atom. The van der Waals surface area contributed by atoms with Crippen molar-refractivity contribution in [3.05, 3.63) is 35.5 Å². The van der Waals surface area contributed by atoms with Crippen LogP contribution in [0.25, 0.3) is 10.7 Å². The topological polar surface area (TPSA) is 58.1 Å². The van der Waals surface area contributed by atoms with E-state index in [-0.39, 0.29) is 11.9 Å². The molecule has 0 spiro atoms. The predicted octanol–water partition coefficient (Wildman–Crippen LogP) is 2.74. The van der Waals surface area contributed by atoms with Gasteiger partial charge in [-0.1, -0.05) is 18.9 Å². The maximum absolute atomic E-state index is 12.4. The monoisotopic (exact) mass is 344 g/mol. The van der Waals surface area contributed by atoms with Crippen molar-refractivity contribution < 1.29 is 4.79 Å². The lowest BCUT2D eigenvalue weighted by Gasteiger charge is -2.36. The van der Waals surface area contributed by atoms with Gasteiger partial charge < -0.3 is 10.2 Å². The number of amides is 1. The molecule has 1 saturated carbocycles. The van der Waals surface area contributed by atoms with Gasteiger partial charge in [-0.25, -0.2) is 4.98 Å². The summed E-state index contributed by atoms with van der Waals surface area (Å²) >= 11 is 1.53. The van der Waals surface area contributed by atoms with Gasteiger partial charge in [0.2, 0.25) is 5.91 Å². The van der Waals surface area contributed by atoms with E-state index in [0.717, 1.165) is 29.2 Å². The quantitative estimate of drug-likeness (QED) is 0.906. The summed E-state index contributed by atoms with van der Waals surface area (Å²) in [5.41, 5.74) is 1.67. The normalized spacial score (nSPS) is 21.0. The van der Waals surface area contributed by atoms with Gasteiger partial charge in [0, 0.05) is 23.7 Å². The third-order valence-electron chi connectivity index (χ3n) is 4.52. The molecule has 1 aliphatic carbocycles. The lowest BCUT2D eigenvalue weighted by Crippen LogP contribution is -2.51. The van der Waals surface area contributed by atoms with E-state index in [4.69, 9.17) is 0 Å². The van der Waals surface area contributed by atoms with Crippen LogP contribution < -0.4 is 5.32 Å². The average molecular weight is 344 g/mol. The van der Waals surface area contributed by atoms with Crippen molar-refractivity contribution in [2.45, 2.75) is 44.2 Å². The zero-order valence-electron chi connectivity index (χ0n) is 14.2. The first kappa shape index (κ1) is 17.0. The third kappa shape index (κ3) is 4.19. The number of rotatable bonds is 5. The largest absolute Gasteiger partial charge is 0.351 e. The number of likely N-dealkylation sites (N-methyl/N-ethyl adjacent to an activating group) is 1. The highest BCUT2D eigenvalue weighted by Gasteiger charge is 2.28. The summed E-state index contributed by atoms with van der Waals surface area (Å²) in [6.45, 7) is 0. The second kappa shape index (κ2) is 7.85. The molecule has 0 aromatic carbocycles. The van der Waals surface area contributed by atoms with E-state index in [0.29, 0.717) is 12.5 Å². The maximum atomic E-state index is 12.4. The van der Waals surface area contributed by atoms with Gasteiger partial charge in [-0.15, -0.1) is 11.3 Å². The Bertz CT molecular complexity index is 671. The molecule has 6 heteroatoms. The molecule has 24 heavy (non-hydrogen) atoms. The van der Waals surface area contributed by atoms with Crippen molar-refractivity contribution in [1.82, 2.24) is 20.2 Å². The summed E-state index contributed by atoms with van der Waals surface area (Å²) < 4.78 is 0. The van der Waals surface area contributed by atoms with Crippen LogP contribution in [-0.2, 0) is 11.2 Å². The number of carbonyl (C=O) groups is 1. The Kier molecular flexibility index (Phi) is 5.58. The molecular formula is C18H24N4OS. The smallest absolute Gasteiger partial charge is 0.226 e. The van der Waals surface area contributed by atoms with E-state index >= 15 is 0 Å². The Morgan fingerprint density at radius 2 is 2.17 bits per heavy atom. The van der Waals surface area contributed by atoms with Crippen LogP contribution in [-0.4, -0.2) is 47.0 Å². The standard InChI is InChI=1S/C18H24N4OS/c1-22(2)16-9-4-3-7-14(16)21-17(23)11-13-12-24-18(20-13)15-8-5-6-10-19-15/h5-6,8,10,12,14,16H,3-4,7,9,11H2,1-2H3,(H,21,23)/t14-,16-/m0/s1. The van der Waals surface area contributed by atoms with Crippen LogP contribution in [0.3, 0.4) is 0 Å². The van der Waals surface area contributed by atoms with E-state index < -0.39 is 0 Å². The van der Waals surface area contributed by atoms with Crippen molar-refractivity contribution in [2.24, 2.45) is 0 Å². The van der Waals surface area contributed by atoms with Gasteiger partial charge in [0.15, 0.2) is 0 Å². The van der Waals surface area contributed by atoms with Crippen LogP contribution in [0.5, 0.6) is 0 Å². The predicted molar refractivity (Wildman–Crippen MR) is 96.9 cm³/mol. The van der Waals surface area contributed by atoms with Gasteiger partial charge in [-0.3, -0.25) is 9.78 Å². The minimum atomic E-state index is 0.0617. The lowest BCUT2D eigenvalue weighted by atomic mass is 9.89. The van der Waals surface area contributed by atoms with Crippen molar-refractivity contribution in [3.63, 3.8) is 0 Å². The molecule has 1 aliphatic rings. The van der Waals surface area contributed by atoms with Crippen molar-refractivity contribution in [3.8, 4) is 10.7 Å². The Labute approximate surface area is 147 Å². The fraction of sp³-hybridized carbons (Fsp3) is 0.500. The first-order chi connectivity index (χ1) is 11.6. The van der Waals surface area contributed by atoms with E-state index in [1.54, 1.807) is 6.20 Å². The van der Waals surface area contributed by atoms with Crippen LogP contribution in [0.2, 0.25) is 0 Å². The van der Waals surface area contributed by atoms with Crippen LogP contribution in [0.4, 0.5) is 0 Å². The molecule has 0 bridgehead atoms. The van der Waals surface area contributed by atoms with E-state index in [1.165, 1.54) is 24.2 Å². The Balaban J connectivity index is 1.60. The molecule has 0 saturated heterocycles. The first-order valence-corrected chi connectivity index (χ1v) is 9.33. The van der Waals surface area contributed by atoms with Crippen molar-refractivity contribution >= 4 is 17.2 Å². The second-order valence-corrected chi connectivity index (χ2v) is 7.38. The molecule has 5 nitrogen and oxygen atoms in total. The van der Waals surface area contributed by atoms with Crippen LogP contribution in [0, 0.1) is 0 Å². The SMILES string of the molecule is CN(C)[C@H]1CCCC[C@@H]1NC(=O)Cc1csc(-c2ccccn2)n1. The van der Waals surface area contributed by atoms with Gasteiger partial charge in [0.05, 0.1) is 17.8 Å². The van der Waals surface area contributed by atoms with Crippen molar-refractivity contribution in [1.29, 1.82) is 0 Å². The minimum Gasteiger partial charge on any atom is -0.351 e. The number of nitrogens with zero attached hydrogens (tertiary/aromatic N) is 3. The molecule has 1 amide bonds. The summed E-state index contributed by atoms with van der Waals surface area (Å²) in [5, 5.41) is 6.03. The summed E-state index contributed by atoms with van der Waals surface area (Å²) in [6, 6.07) is 6.45. The Hall–Kier alpha value is -1.79. The molecule has 3 rings (SSSR count). The van der Waals surface area contributed by atoms with Crippen LogP contribution >= 0.6 is 11.3 Å². The molecule has 0 radical (unpaired) electrons. The van der Waals surface area contributed by atoms with Gasteiger partial charge in [0.25, 0.3) is 0 Å². The molecule has 0 unspecified atom stereocenters. The summed E-state index contributed by atoms with van der Waals surface area (Å²) in [6.07, 6.45) is 6.74. The molecule has 0 aliphatic heterocycles. The highest BCUT2D eigenvalue weighted by atomic mass is 32.1. The number of pyridine rings is 1. The molecule has 1 fully saturated rings. The molecule has 1 N–H and O–H groups in total. The first-order valence-electron chi connectivity index (χ1n) is 8.45. The summed E-state index contributed by atoms with van der Waals surface area (Å²) in [7, 11) is 4.18. The van der Waals surface area contributed by atoms with E-state index in [2.05, 4.69) is 34.3 Å². The molecule has 2 atom stereocenters. The fourth-order valence-corrected chi connectivity index (χ4v) is 4.11. The van der Waals surface area contributed by atoms with Crippen LogP contribution in [0.15, 0.2) is 29.8 Å². The number of nitrogens with one attached hydrogen (secondary N) is 1. The van der Waals surface area contributed by atoms with E-state index in [1.807, 2.05) is 23.6 Å². The third-order valence-corrected chi connectivity index (χ3v) is 5.43. The lowest BCUT2D eigenvalue weighted by molar-refractivity contribution is -0.121. The number of hydrogen-bond donors (Lipinski definition) is 1. The number of aromatic nitrogens is 2. The molecule has 128 valence electrons. The van der Waals surface area contributed by atoms with Gasteiger partial charge in [0.1, 0.15) is 5.01 Å². The number of thiazole rings is 1. The highest BCUT2D eigenvalue weighted by molar-refractivity contribution is 7.13. The zero-order chi connectivity index (χ0) is 16.9. The van der Waals surface area contributed by atoms with Crippen LogP contribution in [0.1, 0.15) is 31.4 Å². The highest BCUT2D eigenvalue weighted by Crippen LogP contribution is 2.23. The number of hydrogen-bond acceptors (Lipinski definition) is 5. The van der Waals surface area contributed by atoms with Crippen molar-refractivity contribution in [2.75, 3.05) is 14.1 Å². The molecule has 2 aromatic heterocycles. The molecule has 2 aromatic rings. The Morgan fingerprint density at radius 3 is 2.92 bits per heavy atom. The average Bonchev–Trinajstić information content (AvgIpc) is 3.04. The fourth-order valence-electron chi connectivity index (χ4n) is 3.32.